The minimum Gasteiger partial charge on any atom is -0.468 e. The monoisotopic (exact) mass is 449 g/mol. The molecule has 158 valence electrons. The number of amides is 1. The van der Waals surface area contributed by atoms with E-state index in [9.17, 15) is 21.6 Å². The van der Waals surface area contributed by atoms with E-state index in [0.717, 1.165) is 0 Å². The third-order valence-corrected chi connectivity index (χ3v) is 6.63. The Labute approximate surface area is 174 Å². The van der Waals surface area contributed by atoms with E-state index in [0.29, 0.717) is 11.3 Å². The molecular weight excluding hydrogens is 430 g/mol. The van der Waals surface area contributed by atoms with Gasteiger partial charge in [0.1, 0.15) is 5.76 Å². The lowest BCUT2D eigenvalue weighted by atomic mass is 10.2. The minimum absolute atomic E-state index is 0.0362. The molecule has 0 fully saturated rings. The summed E-state index contributed by atoms with van der Waals surface area (Å²) in [6.07, 6.45) is 1.43. The van der Waals surface area contributed by atoms with Crippen molar-refractivity contribution in [2.75, 3.05) is 5.32 Å². The molecule has 0 saturated carbocycles. The van der Waals surface area contributed by atoms with Crippen LogP contribution in [0.3, 0.4) is 0 Å². The summed E-state index contributed by atoms with van der Waals surface area (Å²) in [5.41, 5.74) is 0.721. The van der Waals surface area contributed by atoms with Gasteiger partial charge in [-0.2, -0.15) is 0 Å². The zero-order valence-electron chi connectivity index (χ0n) is 15.8. The van der Waals surface area contributed by atoms with Crippen molar-refractivity contribution < 1.29 is 26.0 Å². The fraction of sp³-hybridized carbons (Fsp3) is 0.105. The number of rotatable bonds is 7. The van der Waals surface area contributed by atoms with Gasteiger partial charge in [0.25, 0.3) is 5.91 Å². The first-order valence-corrected chi connectivity index (χ1v) is 11.7. The predicted octanol–water partition coefficient (Wildman–Crippen LogP) is 1.97. The smallest absolute Gasteiger partial charge is 0.255 e. The van der Waals surface area contributed by atoms with Gasteiger partial charge in [0, 0.05) is 11.3 Å². The summed E-state index contributed by atoms with van der Waals surface area (Å²) in [6.45, 7) is 1.54. The van der Waals surface area contributed by atoms with Gasteiger partial charge in [-0.15, -0.1) is 0 Å². The van der Waals surface area contributed by atoms with Gasteiger partial charge in [-0.25, -0.2) is 26.7 Å². The molecule has 1 amide bonds. The fourth-order valence-corrected chi connectivity index (χ4v) is 4.50. The summed E-state index contributed by atoms with van der Waals surface area (Å²) in [5.74, 6) is -0.167. The Kier molecular flexibility index (Phi) is 6.08. The Morgan fingerprint density at radius 2 is 1.80 bits per heavy atom. The summed E-state index contributed by atoms with van der Waals surface area (Å²) in [5, 5.41) is 7.72. The minimum atomic E-state index is -3.95. The SMILES string of the molecule is Cc1ccc(NC(=O)c2cccc(S(=O)(=O)NCc3ccco3)c2)cc1S(N)(=O)=O. The number of carbonyl (C=O) groups excluding carboxylic acids is 1. The highest BCUT2D eigenvalue weighted by Crippen LogP contribution is 2.20. The second-order valence-electron chi connectivity index (χ2n) is 6.41. The Hall–Kier alpha value is -2.99. The van der Waals surface area contributed by atoms with E-state index in [1.54, 1.807) is 19.1 Å². The van der Waals surface area contributed by atoms with E-state index in [2.05, 4.69) is 10.0 Å². The molecule has 4 N–H and O–H groups in total. The lowest BCUT2D eigenvalue weighted by molar-refractivity contribution is 0.102. The van der Waals surface area contributed by atoms with Gasteiger partial charge < -0.3 is 9.73 Å². The fourth-order valence-electron chi connectivity index (χ4n) is 2.65. The molecule has 0 radical (unpaired) electrons. The van der Waals surface area contributed by atoms with Crippen LogP contribution in [0.25, 0.3) is 0 Å². The van der Waals surface area contributed by atoms with Crippen molar-refractivity contribution in [3.05, 3.63) is 77.7 Å². The maximum absolute atomic E-state index is 12.6. The Balaban J connectivity index is 1.79. The molecule has 0 saturated heterocycles. The molecule has 0 spiro atoms. The van der Waals surface area contributed by atoms with Crippen molar-refractivity contribution in [2.24, 2.45) is 5.14 Å². The van der Waals surface area contributed by atoms with Gasteiger partial charge in [0.2, 0.25) is 20.0 Å². The van der Waals surface area contributed by atoms with E-state index in [4.69, 9.17) is 9.56 Å². The van der Waals surface area contributed by atoms with E-state index in [1.165, 1.54) is 48.7 Å². The Morgan fingerprint density at radius 3 is 2.47 bits per heavy atom. The number of anilines is 1. The van der Waals surface area contributed by atoms with Crippen LogP contribution in [0.5, 0.6) is 0 Å². The lowest BCUT2D eigenvalue weighted by Gasteiger charge is -2.10. The van der Waals surface area contributed by atoms with Crippen LogP contribution in [0.4, 0.5) is 5.69 Å². The van der Waals surface area contributed by atoms with E-state index < -0.39 is 26.0 Å². The number of hydrogen-bond acceptors (Lipinski definition) is 6. The predicted molar refractivity (Wildman–Crippen MR) is 110 cm³/mol. The standard InChI is InChI=1S/C19H19N3O6S2/c1-13-7-8-15(11-18(13)29(20,24)25)22-19(23)14-4-2-6-17(10-14)30(26,27)21-12-16-5-3-9-28-16/h2-11,21H,12H2,1H3,(H,22,23)(H2,20,24,25). The third kappa shape index (κ3) is 5.13. The topological polar surface area (TPSA) is 149 Å². The number of carbonyl (C=O) groups is 1. The molecular formula is C19H19N3O6S2. The van der Waals surface area contributed by atoms with Gasteiger partial charge in [0.05, 0.1) is 22.6 Å². The summed E-state index contributed by atoms with van der Waals surface area (Å²) in [6, 6.07) is 13.0. The van der Waals surface area contributed by atoms with Crippen molar-refractivity contribution in [3.8, 4) is 0 Å². The third-order valence-electron chi connectivity index (χ3n) is 4.18. The molecule has 9 nitrogen and oxygen atoms in total. The van der Waals surface area contributed by atoms with Crippen molar-refractivity contribution in [1.29, 1.82) is 0 Å². The highest BCUT2D eigenvalue weighted by Gasteiger charge is 2.18. The number of furan rings is 1. The molecule has 11 heteroatoms. The molecule has 3 aromatic rings. The number of nitrogens with one attached hydrogen (secondary N) is 2. The number of hydrogen-bond donors (Lipinski definition) is 3. The van der Waals surface area contributed by atoms with E-state index in [-0.39, 0.29) is 27.6 Å². The summed E-state index contributed by atoms with van der Waals surface area (Å²) in [4.78, 5) is 12.3. The van der Waals surface area contributed by atoms with Gasteiger partial charge in [0.15, 0.2) is 0 Å². The van der Waals surface area contributed by atoms with Crippen molar-refractivity contribution >= 4 is 31.6 Å². The summed E-state index contributed by atoms with van der Waals surface area (Å²) in [7, 11) is -7.84. The van der Waals surface area contributed by atoms with Gasteiger partial charge in [-0.3, -0.25) is 4.79 Å². The number of sulfonamides is 2. The maximum Gasteiger partial charge on any atom is 0.255 e. The molecule has 0 atom stereocenters. The number of nitrogens with two attached hydrogens (primary N) is 1. The zero-order valence-corrected chi connectivity index (χ0v) is 17.5. The number of aryl methyl sites for hydroxylation is 1. The van der Waals surface area contributed by atoms with Crippen molar-refractivity contribution in [2.45, 2.75) is 23.3 Å². The van der Waals surface area contributed by atoms with Crippen LogP contribution in [0.15, 0.2) is 75.1 Å². The van der Waals surface area contributed by atoms with Crippen LogP contribution in [-0.4, -0.2) is 22.7 Å². The lowest BCUT2D eigenvalue weighted by Crippen LogP contribution is -2.23. The Morgan fingerprint density at radius 1 is 1.03 bits per heavy atom. The number of benzene rings is 2. The van der Waals surface area contributed by atoms with Gasteiger partial charge in [-0.1, -0.05) is 12.1 Å². The molecule has 0 aliphatic heterocycles. The van der Waals surface area contributed by atoms with Crippen LogP contribution in [-0.2, 0) is 26.6 Å². The molecule has 0 bridgehead atoms. The van der Waals surface area contributed by atoms with Crippen molar-refractivity contribution in [1.82, 2.24) is 4.72 Å². The molecule has 3 rings (SSSR count). The highest BCUT2D eigenvalue weighted by atomic mass is 32.2. The Bertz CT molecular complexity index is 1280. The van der Waals surface area contributed by atoms with E-state index >= 15 is 0 Å². The average molecular weight is 450 g/mol. The van der Waals surface area contributed by atoms with Crippen LogP contribution in [0.1, 0.15) is 21.7 Å². The van der Waals surface area contributed by atoms with Gasteiger partial charge in [-0.05, 0) is 55.0 Å². The van der Waals surface area contributed by atoms with E-state index in [1.807, 2.05) is 0 Å². The van der Waals surface area contributed by atoms with Gasteiger partial charge >= 0.3 is 0 Å². The molecule has 0 unspecified atom stereocenters. The molecule has 0 aliphatic carbocycles. The molecule has 2 aromatic carbocycles. The second-order valence-corrected chi connectivity index (χ2v) is 9.71. The van der Waals surface area contributed by atoms with Crippen LogP contribution in [0, 0.1) is 6.92 Å². The maximum atomic E-state index is 12.6. The van der Waals surface area contributed by atoms with Crippen LogP contribution >= 0.6 is 0 Å². The zero-order chi connectivity index (χ0) is 21.9. The first-order valence-electron chi connectivity index (χ1n) is 8.63. The highest BCUT2D eigenvalue weighted by molar-refractivity contribution is 7.89. The summed E-state index contributed by atoms with van der Waals surface area (Å²) >= 11 is 0. The normalized spacial score (nSPS) is 11.9. The molecule has 1 heterocycles. The molecule has 0 aliphatic rings. The van der Waals surface area contributed by atoms with Crippen LogP contribution in [0.2, 0.25) is 0 Å². The molecule has 1 aromatic heterocycles. The first kappa shape index (κ1) is 21.7. The quantitative estimate of drug-likeness (QED) is 0.502. The van der Waals surface area contributed by atoms with Crippen molar-refractivity contribution in [3.63, 3.8) is 0 Å². The number of primary sulfonamides is 1. The average Bonchev–Trinajstić information content (AvgIpc) is 3.21. The second kappa shape index (κ2) is 8.40. The van der Waals surface area contributed by atoms with Crippen LogP contribution < -0.4 is 15.2 Å². The summed E-state index contributed by atoms with van der Waals surface area (Å²) < 4.78 is 55.8. The largest absolute Gasteiger partial charge is 0.468 e. The molecule has 30 heavy (non-hydrogen) atoms. The first-order chi connectivity index (χ1) is 14.1.